The molecule has 0 aliphatic rings. The second kappa shape index (κ2) is 12.3. The molecule has 0 spiro atoms. The van der Waals surface area contributed by atoms with Crippen LogP contribution >= 0.6 is 0 Å². The van der Waals surface area contributed by atoms with Crippen molar-refractivity contribution in [3.05, 3.63) is 131 Å². The van der Waals surface area contributed by atoms with Crippen LogP contribution in [0.3, 0.4) is 0 Å². The minimum atomic E-state index is -1.23. The summed E-state index contributed by atoms with van der Waals surface area (Å²) >= 11 is 0. The Morgan fingerprint density at radius 2 is 1.15 bits per heavy atom. The van der Waals surface area contributed by atoms with Gasteiger partial charge in [-0.15, -0.1) is 0 Å². The first kappa shape index (κ1) is 28.1. The van der Waals surface area contributed by atoms with Crippen LogP contribution in [-0.4, -0.2) is 34.0 Å². The summed E-state index contributed by atoms with van der Waals surface area (Å²) in [5, 5.41) is 24.3. The van der Waals surface area contributed by atoms with E-state index in [9.17, 15) is 29.4 Å². The Morgan fingerprint density at radius 3 is 1.76 bits per heavy atom. The molecule has 4 aromatic rings. The molecule has 0 heterocycles. The van der Waals surface area contributed by atoms with Crippen molar-refractivity contribution in [2.45, 2.75) is 0 Å². The van der Waals surface area contributed by atoms with E-state index in [4.69, 9.17) is 4.74 Å². The van der Waals surface area contributed by atoms with Crippen molar-refractivity contribution in [2.75, 3.05) is 10.6 Å². The Bertz CT molecular complexity index is 1690. The fourth-order valence-corrected chi connectivity index (χ4v) is 3.90. The molecule has 2 amide bonds. The van der Waals surface area contributed by atoms with E-state index in [1.807, 2.05) is 0 Å². The number of carboxylic acids is 2. The molecule has 9 heteroatoms. The van der Waals surface area contributed by atoms with Crippen molar-refractivity contribution >= 4 is 47.3 Å². The van der Waals surface area contributed by atoms with Crippen LogP contribution in [-0.2, 0) is 0 Å². The Balaban J connectivity index is 1.45. The van der Waals surface area contributed by atoms with Crippen LogP contribution in [0.2, 0.25) is 0 Å². The summed E-state index contributed by atoms with van der Waals surface area (Å²) in [6.45, 7) is 7.26. The molecule has 0 saturated heterocycles. The van der Waals surface area contributed by atoms with Crippen molar-refractivity contribution in [1.82, 2.24) is 0 Å². The molecule has 4 N–H and O–H groups in total. The molecule has 0 bridgehead atoms. The van der Waals surface area contributed by atoms with Gasteiger partial charge in [-0.1, -0.05) is 43.5 Å². The molecule has 0 unspecified atom stereocenters. The number of carbonyl (C=O) groups excluding carboxylic acids is 2. The number of ether oxygens (including phenoxy) is 1. The molecule has 4 aromatic carbocycles. The molecule has 204 valence electrons. The lowest BCUT2D eigenvalue weighted by Crippen LogP contribution is -2.16. The van der Waals surface area contributed by atoms with E-state index < -0.39 is 23.8 Å². The molecular formula is C32H24N2O7. The lowest BCUT2D eigenvalue weighted by atomic mass is 10.0. The molecule has 0 atom stereocenters. The number of aromatic carboxylic acids is 2. The van der Waals surface area contributed by atoms with Gasteiger partial charge >= 0.3 is 11.9 Å². The number of benzene rings is 4. The van der Waals surface area contributed by atoms with Crippen LogP contribution in [0.4, 0.5) is 11.4 Å². The van der Waals surface area contributed by atoms with Crippen molar-refractivity contribution in [1.29, 1.82) is 0 Å². The topological polar surface area (TPSA) is 142 Å². The number of amides is 2. The molecule has 9 nitrogen and oxygen atoms in total. The molecule has 0 radical (unpaired) electrons. The maximum atomic E-state index is 12.8. The average Bonchev–Trinajstić information content (AvgIpc) is 2.97. The third-order valence-electron chi connectivity index (χ3n) is 5.95. The van der Waals surface area contributed by atoms with Crippen LogP contribution in [0.25, 0.3) is 12.2 Å². The molecule has 4 rings (SSSR count). The van der Waals surface area contributed by atoms with Crippen LogP contribution in [0.5, 0.6) is 11.5 Å². The third-order valence-corrected chi connectivity index (χ3v) is 5.95. The van der Waals surface area contributed by atoms with Gasteiger partial charge in [-0.2, -0.15) is 0 Å². The normalized spacial score (nSPS) is 10.2. The summed E-state index contributed by atoms with van der Waals surface area (Å²) in [6, 6.07) is 21.7. The first-order chi connectivity index (χ1) is 19.7. The number of anilines is 2. The number of hydrogen-bond donors (Lipinski definition) is 4. The standard InChI is InChI=1S/C32H24N2O7/c1-3-19-9-15-26(31(37)38)27(16-19)30(36)33-21-10-12-23(13-11-21)41-24-7-5-6-22(18-24)34-29(35)25-14-8-20(4-2)17-28(25)32(39)40/h3-18H,1-2H2,(H,33,36)(H,34,35)(H,37,38)(H,39,40). The zero-order valence-corrected chi connectivity index (χ0v) is 21.6. The Labute approximate surface area is 235 Å². The zero-order chi connectivity index (χ0) is 29.5. The van der Waals surface area contributed by atoms with Crippen LogP contribution in [0.15, 0.2) is 98.1 Å². The van der Waals surface area contributed by atoms with E-state index in [0.29, 0.717) is 34.0 Å². The highest BCUT2D eigenvalue weighted by Gasteiger charge is 2.18. The Kier molecular flexibility index (Phi) is 8.39. The van der Waals surface area contributed by atoms with E-state index in [1.165, 1.54) is 36.4 Å². The van der Waals surface area contributed by atoms with Gasteiger partial charge in [-0.3, -0.25) is 9.59 Å². The van der Waals surface area contributed by atoms with Gasteiger partial charge in [0.2, 0.25) is 0 Å². The van der Waals surface area contributed by atoms with Gasteiger partial charge in [0.15, 0.2) is 0 Å². The SMILES string of the molecule is C=Cc1ccc(C(=O)Nc2cccc(Oc3ccc(NC(=O)c4cc(C=C)ccc4C(=O)O)cc3)c2)c(C(=O)O)c1. The number of carboxylic acid groups (broad SMARTS) is 2. The highest BCUT2D eigenvalue weighted by Crippen LogP contribution is 2.26. The van der Waals surface area contributed by atoms with E-state index in [-0.39, 0.29) is 22.3 Å². The van der Waals surface area contributed by atoms with Crippen molar-refractivity contribution in [3.8, 4) is 11.5 Å². The van der Waals surface area contributed by atoms with Crippen LogP contribution in [0.1, 0.15) is 52.6 Å². The highest BCUT2D eigenvalue weighted by molar-refractivity contribution is 6.12. The van der Waals surface area contributed by atoms with Crippen molar-refractivity contribution in [3.63, 3.8) is 0 Å². The second-order valence-corrected chi connectivity index (χ2v) is 8.69. The van der Waals surface area contributed by atoms with Gasteiger partial charge in [0.25, 0.3) is 11.8 Å². The third kappa shape index (κ3) is 6.73. The fourth-order valence-electron chi connectivity index (χ4n) is 3.90. The van der Waals surface area contributed by atoms with E-state index in [0.717, 1.165) is 0 Å². The van der Waals surface area contributed by atoms with Gasteiger partial charge in [0, 0.05) is 17.4 Å². The van der Waals surface area contributed by atoms with E-state index >= 15 is 0 Å². The maximum absolute atomic E-state index is 12.8. The highest BCUT2D eigenvalue weighted by atomic mass is 16.5. The number of rotatable bonds is 10. The molecule has 0 aliphatic heterocycles. The number of carbonyl (C=O) groups is 4. The van der Waals surface area contributed by atoms with Gasteiger partial charge < -0.3 is 25.6 Å². The average molecular weight is 549 g/mol. The quantitative estimate of drug-likeness (QED) is 0.173. The molecule has 0 fully saturated rings. The minimum absolute atomic E-state index is 0.00112. The van der Waals surface area contributed by atoms with Gasteiger partial charge in [0.1, 0.15) is 11.5 Å². The zero-order valence-electron chi connectivity index (χ0n) is 21.6. The summed E-state index contributed by atoms with van der Waals surface area (Å²) in [5.41, 5.74) is 1.71. The number of nitrogens with one attached hydrogen (secondary N) is 2. The van der Waals surface area contributed by atoms with Gasteiger partial charge in [-0.05, 0) is 71.8 Å². The predicted molar refractivity (Wildman–Crippen MR) is 156 cm³/mol. The van der Waals surface area contributed by atoms with Crippen molar-refractivity contribution < 1.29 is 34.1 Å². The monoisotopic (exact) mass is 548 g/mol. The maximum Gasteiger partial charge on any atom is 0.336 e. The number of hydrogen-bond acceptors (Lipinski definition) is 5. The summed E-state index contributed by atoms with van der Waals surface area (Å²) in [4.78, 5) is 48.8. The van der Waals surface area contributed by atoms with E-state index in [2.05, 4.69) is 23.8 Å². The van der Waals surface area contributed by atoms with Crippen LogP contribution in [0, 0.1) is 0 Å². The van der Waals surface area contributed by atoms with Crippen LogP contribution < -0.4 is 15.4 Å². The largest absolute Gasteiger partial charge is 0.478 e. The molecule has 0 saturated carbocycles. The van der Waals surface area contributed by atoms with Crippen molar-refractivity contribution in [2.24, 2.45) is 0 Å². The summed E-state index contributed by atoms with van der Waals surface area (Å²) in [5.74, 6) is -2.82. The van der Waals surface area contributed by atoms with Gasteiger partial charge in [-0.25, -0.2) is 9.59 Å². The Morgan fingerprint density at radius 1 is 0.585 bits per heavy atom. The molecule has 0 aromatic heterocycles. The first-order valence-corrected chi connectivity index (χ1v) is 12.2. The lowest BCUT2D eigenvalue weighted by molar-refractivity contribution is 0.0683. The summed E-state index contributed by atoms with van der Waals surface area (Å²) in [7, 11) is 0. The van der Waals surface area contributed by atoms with E-state index in [1.54, 1.807) is 60.7 Å². The second-order valence-electron chi connectivity index (χ2n) is 8.69. The molecule has 41 heavy (non-hydrogen) atoms. The predicted octanol–water partition coefficient (Wildman–Crippen LogP) is 6.67. The smallest absolute Gasteiger partial charge is 0.336 e. The lowest BCUT2D eigenvalue weighted by Gasteiger charge is -2.12. The summed E-state index contributed by atoms with van der Waals surface area (Å²) in [6.07, 6.45) is 3.01. The Hall–Kier alpha value is -5.96. The summed E-state index contributed by atoms with van der Waals surface area (Å²) < 4.78 is 5.87. The fraction of sp³-hybridized carbons (Fsp3) is 0. The molecule has 0 aliphatic carbocycles. The van der Waals surface area contributed by atoms with Gasteiger partial charge in [0.05, 0.1) is 22.3 Å². The minimum Gasteiger partial charge on any atom is -0.478 e. The first-order valence-electron chi connectivity index (χ1n) is 12.2. The molecular weight excluding hydrogens is 524 g/mol.